The minimum atomic E-state index is -0.498. The van der Waals surface area contributed by atoms with Crippen LogP contribution in [-0.2, 0) is 4.74 Å². The van der Waals surface area contributed by atoms with Crippen LogP contribution in [-0.4, -0.2) is 46.8 Å². The third kappa shape index (κ3) is 4.86. The Kier molecular flexibility index (Phi) is 5.94. The van der Waals surface area contributed by atoms with Crippen molar-refractivity contribution in [3.8, 4) is 5.75 Å². The summed E-state index contributed by atoms with van der Waals surface area (Å²) in [6, 6.07) is 11.7. The molecule has 1 unspecified atom stereocenters. The number of hydrogen-bond acceptors (Lipinski definition) is 4. The number of piperidine rings is 1. The van der Waals surface area contributed by atoms with Crippen molar-refractivity contribution >= 4 is 12.0 Å². The zero-order valence-corrected chi connectivity index (χ0v) is 18.5. The molecule has 7 nitrogen and oxygen atoms in total. The third-order valence-corrected chi connectivity index (χ3v) is 5.78. The fourth-order valence-electron chi connectivity index (χ4n) is 4.28. The Bertz CT molecular complexity index is 938. The van der Waals surface area contributed by atoms with Crippen molar-refractivity contribution in [3.05, 3.63) is 53.9 Å². The molecule has 1 fully saturated rings. The maximum Gasteiger partial charge on any atom is 0.410 e. The smallest absolute Gasteiger partial charge is 0.410 e. The van der Waals surface area contributed by atoms with Crippen molar-refractivity contribution in [2.75, 3.05) is 19.7 Å². The predicted molar refractivity (Wildman–Crippen MR) is 117 cm³/mol. The Morgan fingerprint density at radius 3 is 2.55 bits per heavy atom. The molecule has 166 valence electrons. The highest BCUT2D eigenvalue weighted by Gasteiger charge is 2.30. The number of nitrogens with zero attached hydrogens (tertiary/aromatic N) is 2. The van der Waals surface area contributed by atoms with E-state index < -0.39 is 5.60 Å². The van der Waals surface area contributed by atoms with Gasteiger partial charge in [0.05, 0.1) is 12.6 Å². The van der Waals surface area contributed by atoms with Gasteiger partial charge in [-0.3, -0.25) is 4.79 Å². The number of fused-ring (bicyclic) bond motifs is 1. The zero-order chi connectivity index (χ0) is 22.0. The van der Waals surface area contributed by atoms with Gasteiger partial charge in [-0.2, -0.15) is 0 Å². The van der Waals surface area contributed by atoms with Crippen molar-refractivity contribution in [1.29, 1.82) is 0 Å². The minimum Gasteiger partial charge on any atom is -0.493 e. The number of likely N-dealkylation sites (tertiary alicyclic amines) is 1. The average molecular weight is 426 g/mol. The van der Waals surface area contributed by atoms with Gasteiger partial charge in [0.1, 0.15) is 17.0 Å². The Hall–Kier alpha value is -2.96. The first-order chi connectivity index (χ1) is 14.8. The summed E-state index contributed by atoms with van der Waals surface area (Å²) in [6.07, 6.45) is 4.01. The molecule has 2 aliphatic rings. The SMILES string of the molecule is CC(C)(C)OC(=O)N1CCC(n2cccc2C(=O)NC2CCOc3ccccc32)CC1. The first-order valence-corrected chi connectivity index (χ1v) is 11.0. The van der Waals surface area contributed by atoms with Gasteiger partial charge >= 0.3 is 6.09 Å². The molecule has 1 aromatic carbocycles. The fraction of sp³-hybridized carbons (Fsp3) is 0.500. The Balaban J connectivity index is 1.40. The normalized spacial score (nSPS) is 19.3. The van der Waals surface area contributed by atoms with Gasteiger partial charge < -0.3 is 24.3 Å². The van der Waals surface area contributed by atoms with E-state index in [9.17, 15) is 9.59 Å². The van der Waals surface area contributed by atoms with Gasteiger partial charge in [-0.1, -0.05) is 18.2 Å². The number of amides is 2. The molecule has 1 N–H and O–H groups in total. The molecule has 0 radical (unpaired) electrons. The summed E-state index contributed by atoms with van der Waals surface area (Å²) < 4.78 is 13.2. The average Bonchev–Trinajstić information content (AvgIpc) is 3.23. The van der Waals surface area contributed by atoms with Crippen LogP contribution in [0, 0.1) is 0 Å². The van der Waals surface area contributed by atoms with E-state index >= 15 is 0 Å². The van der Waals surface area contributed by atoms with E-state index in [0.29, 0.717) is 25.4 Å². The van der Waals surface area contributed by atoms with Crippen molar-refractivity contribution in [2.24, 2.45) is 0 Å². The van der Waals surface area contributed by atoms with Crippen molar-refractivity contribution in [2.45, 2.75) is 57.7 Å². The van der Waals surface area contributed by atoms with E-state index in [-0.39, 0.29) is 24.1 Å². The van der Waals surface area contributed by atoms with Crippen LogP contribution in [0.4, 0.5) is 4.79 Å². The first kappa shape index (κ1) is 21.3. The maximum absolute atomic E-state index is 13.1. The molecule has 2 aliphatic heterocycles. The maximum atomic E-state index is 13.1. The lowest BCUT2D eigenvalue weighted by Crippen LogP contribution is -2.42. The van der Waals surface area contributed by atoms with E-state index in [0.717, 1.165) is 30.6 Å². The summed E-state index contributed by atoms with van der Waals surface area (Å²) >= 11 is 0. The summed E-state index contributed by atoms with van der Waals surface area (Å²) in [4.78, 5) is 27.2. The lowest BCUT2D eigenvalue weighted by Gasteiger charge is -2.34. The summed E-state index contributed by atoms with van der Waals surface area (Å²) in [5, 5.41) is 3.19. The van der Waals surface area contributed by atoms with E-state index in [4.69, 9.17) is 9.47 Å². The van der Waals surface area contributed by atoms with Crippen LogP contribution in [0.1, 0.15) is 68.2 Å². The molecule has 7 heteroatoms. The molecule has 4 rings (SSSR count). The van der Waals surface area contributed by atoms with Crippen LogP contribution in [0.3, 0.4) is 0 Å². The zero-order valence-electron chi connectivity index (χ0n) is 18.5. The molecule has 0 bridgehead atoms. The van der Waals surface area contributed by atoms with Gasteiger partial charge in [0, 0.05) is 37.3 Å². The van der Waals surface area contributed by atoms with Crippen molar-refractivity contribution in [3.63, 3.8) is 0 Å². The fourth-order valence-corrected chi connectivity index (χ4v) is 4.28. The second-order valence-electron chi connectivity index (χ2n) is 9.20. The number of rotatable bonds is 3. The second kappa shape index (κ2) is 8.65. The number of carbonyl (C=O) groups is 2. The number of para-hydroxylation sites is 1. The molecule has 0 saturated carbocycles. The number of hydrogen-bond donors (Lipinski definition) is 1. The van der Waals surface area contributed by atoms with Crippen molar-refractivity contribution in [1.82, 2.24) is 14.8 Å². The lowest BCUT2D eigenvalue weighted by molar-refractivity contribution is 0.0187. The van der Waals surface area contributed by atoms with Crippen LogP contribution in [0.2, 0.25) is 0 Å². The Labute approximate surface area is 183 Å². The summed E-state index contributed by atoms with van der Waals surface area (Å²) in [5.41, 5.74) is 1.17. The lowest BCUT2D eigenvalue weighted by atomic mass is 10.0. The molecule has 2 amide bonds. The van der Waals surface area contributed by atoms with E-state index in [1.165, 1.54) is 0 Å². The standard InChI is InChI=1S/C24H31N3O4/c1-24(2,3)31-23(29)26-14-10-17(11-15-26)27-13-6-8-20(27)22(28)25-19-12-16-30-21-9-5-4-7-18(19)21/h4-9,13,17,19H,10-12,14-16H2,1-3H3,(H,25,28). The van der Waals surface area contributed by atoms with E-state index in [2.05, 4.69) is 5.32 Å². The van der Waals surface area contributed by atoms with Crippen LogP contribution in [0.25, 0.3) is 0 Å². The molecule has 1 atom stereocenters. The van der Waals surface area contributed by atoms with E-state index in [1.807, 2.05) is 67.9 Å². The van der Waals surface area contributed by atoms with Gasteiger partial charge in [0.15, 0.2) is 0 Å². The Morgan fingerprint density at radius 1 is 1.06 bits per heavy atom. The summed E-state index contributed by atoms with van der Waals surface area (Å²) in [5.74, 6) is 0.755. The minimum absolute atomic E-state index is 0.0604. The highest BCUT2D eigenvalue weighted by Crippen LogP contribution is 2.32. The number of ether oxygens (including phenoxy) is 2. The monoisotopic (exact) mass is 425 g/mol. The highest BCUT2D eigenvalue weighted by atomic mass is 16.6. The highest BCUT2D eigenvalue weighted by molar-refractivity contribution is 5.93. The number of nitrogens with one attached hydrogen (secondary N) is 1. The van der Waals surface area contributed by atoms with E-state index in [1.54, 1.807) is 4.90 Å². The van der Waals surface area contributed by atoms with Crippen LogP contribution >= 0.6 is 0 Å². The largest absolute Gasteiger partial charge is 0.493 e. The molecule has 3 heterocycles. The number of carbonyl (C=O) groups excluding carboxylic acids is 2. The molecular weight excluding hydrogens is 394 g/mol. The van der Waals surface area contributed by atoms with Gasteiger partial charge in [0.2, 0.25) is 0 Å². The second-order valence-corrected chi connectivity index (χ2v) is 9.20. The topological polar surface area (TPSA) is 72.8 Å². The molecule has 1 saturated heterocycles. The molecule has 1 aromatic heterocycles. The first-order valence-electron chi connectivity index (χ1n) is 11.0. The summed E-state index contributed by atoms with van der Waals surface area (Å²) in [6.45, 7) is 7.45. The van der Waals surface area contributed by atoms with Gasteiger partial charge in [-0.15, -0.1) is 0 Å². The third-order valence-electron chi connectivity index (χ3n) is 5.78. The number of benzene rings is 1. The molecule has 31 heavy (non-hydrogen) atoms. The predicted octanol–water partition coefficient (Wildman–Crippen LogP) is 4.31. The van der Waals surface area contributed by atoms with Gasteiger partial charge in [-0.05, 0) is 51.8 Å². The van der Waals surface area contributed by atoms with Crippen molar-refractivity contribution < 1.29 is 19.1 Å². The summed E-state index contributed by atoms with van der Waals surface area (Å²) in [7, 11) is 0. The quantitative estimate of drug-likeness (QED) is 0.795. The van der Waals surface area contributed by atoms with Crippen LogP contribution in [0.5, 0.6) is 5.75 Å². The van der Waals surface area contributed by atoms with Gasteiger partial charge in [0.25, 0.3) is 5.91 Å². The van der Waals surface area contributed by atoms with Crippen LogP contribution < -0.4 is 10.1 Å². The molecular formula is C24H31N3O4. The molecule has 0 spiro atoms. The molecule has 2 aromatic rings. The van der Waals surface area contributed by atoms with Crippen LogP contribution in [0.15, 0.2) is 42.6 Å². The Morgan fingerprint density at radius 2 is 1.81 bits per heavy atom. The molecule has 0 aliphatic carbocycles. The number of aromatic nitrogens is 1. The van der Waals surface area contributed by atoms with Gasteiger partial charge in [-0.25, -0.2) is 4.79 Å².